The number of pyridine rings is 3. The van der Waals surface area contributed by atoms with E-state index in [-0.39, 0.29) is 0 Å². The number of benzene rings is 8. The lowest BCUT2D eigenvalue weighted by Crippen LogP contribution is -1.96. The summed E-state index contributed by atoms with van der Waals surface area (Å²) < 4.78 is 2.26. The van der Waals surface area contributed by atoms with Crippen molar-refractivity contribution in [1.82, 2.24) is 19.5 Å². The first-order chi connectivity index (χ1) is 29.2. The van der Waals surface area contributed by atoms with Crippen molar-refractivity contribution in [3.05, 3.63) is 207 Å². The fourth-order valence-corrected chi connectivity index (χ4v) is 9.15. The van der Waals surface area contributed by atoms with Crippen molar-refractivity contribution >= 4 is 64.9 Å². The summed E-state index contributed by atoms with van der Waals surface area (Å²) in [4.78, 5) is 14.6. The van der Waals surface area contributed by atoms with Gasteiger partial charge in [0, 0.05) is 28.7 Å². The van der Waals surface area contributed by atoms with Crippen LogP contribution in [0.1, 0.15) is 0 Å². The molecular weight excluding hydrogens is 717 g/mol. The van der Waals surface area contributed by atoms with Gasteiger partial charge in [-0.15, -0.1) is 0 Å². The van der Waals surface area contributed by atoms with E-state index in [9.17, 15) is 0 Å². The zero-order valence-electron chi connectivity index (χ0n) is 31.9. The highest BCUT2D eigenvalue weighted by Gasteiger charge is 2.19. The van der Waals surface area contributed by atoms with Crippen LogP contribution in [0.2, 0.25) is 0 Å². The second-order valence-corrected chi connectivity index (χ2v) is 15.2. The lowest BCUT2D eigenvalue weighted by atomic mass is 9.84. The molecule has 8 aromatic carbocycles. The third-order valence-corrected chi connectivity index (χ3v) is 11.9. The van der Waals surface area contributed by atoms with Crippen LogP contribution in [0.3, 0.4) is 0 Å². The highest BCUT2D eigenvalue weighted by molar-refractivity contribution is 6.22. The molecule has 0 amide bonds. The van der Waals surface area contributed by atoms with Gasteiger partial charge in [0.05, 0.1) is 40.0 Å². The van der Waals surface area contributed by atoms with Gasteiger partial charge in [-0.25, -0.2) is 4.98 Å². The Bertz CT molecular complexity index is 3570. The molecule has 0 bridgehead atoms. The molecule has 0 aliphatic rings. The highest BCUT2D eigenvalue weighted by Crippen LogP contribution is 2.46. The minimum Gasteiger partial charge on any atom is -0.308 e. The summed E-state index contributed by atoms with van der Waals surface area (Å²) in [6.07, 6.45) is 5.73. The molecule has 4 heteroatoms. The monoisotopic (exact) mass is 750 g/mol. The van der Waals surface area contributed by atoms with Crippen LogP contribution in [0.4, 0.5) is 0 Å². The van der Waals surface area contributed by atoms with Gasteiger partial charge >= 0.3 is 0 Å². The van der Waals surface area contributed by atoms with E-state index in [0.717, 1.165) is 44.8 Å². The maximum Gasteiger partial charge on any atom is 0.0893 e. The topological polar surface area (TPSA) is 43.6 Å². The molecule has 0 spiro atoms. The number of hydrogen-bond acceptors (Lipinski definition) is 3. The lowest BCUT2D eigenvalue weighted by Gasteiger charge is -2.19. The van der Waals surface area contributed by atoms with E-state index >= 15 is 0 Å². The molecule has 0 unspecified atom stereocenters. The third kappa shape index (κ3) is 5.42. The Labute approximate surface area is 340 Å². The minimum atomic E-state index is 0.820. The second-order valence-electron chi connectivity index (χ2n) is 15.2. The number of nitrogens with zero attached hydrogens (tertiary/aromatic N) is 4. The molecule has 4 nitrogen and oxygen atoms in total. The van der Waals surface area contributed by atoms with Crippen LogP contribution in [0.25, 0.3) is 115 Å². The number of fused-ring (bicyclic) bond motifs is 7. The SMILES string of the molecule is c1cc(-c2ccc3c(-c4ccc5ccccc5c4)c4ccccc4c(-c4ccc5ccccc5c4)c3c2)nc(-c2ccc(-n3c4ccccc4c4cnccc43)cn2)c1. The van der Waals surface area contributed by atoms with Crippen molar-refractivity contribution in [3.63, 3.8) is 0 Å². The smallest absolute Gasteiger partial charge is 0.0893 e. The van der Waals surface area contributed by atoms with Crippen molar-refractivity contribution in [2.45, 2.75) is 0 Å². The molecule has 12 aromatic rings. The average Bonchev–Trinajstić information content (AvgIpc) is 3.65. The van der Waals surface area contributed by atoms with Crippen molar-refractivity contribution in [1.29, 1.82) is 0 Å². The van der Waals surface area contributed by atoms with Crippen LogP contribution in [0, 0.1) is 0 Å². The predicted molar refractivity (Wildman–Crippen MR) is 246 cm³/mol. The van der Waals surface area contributed by atoms with E-state index < -0.39 is 0 Å². The zero-order chi connectivity index (χ0) is 38.9. The van der Waals surface area contributed by atoms with E-state index in [1.165, 1.54) is 70.7 Å². The number of rotatable bonds is 5. The maximum atomic E-state index is 5.26. The van der Waals surface area contributed by atoms with Gasteiger partial charge in [-0.05, 0) is 120 Å². The van der Waals surface area contributed by atoms with Gasteiger partial charge in [0.15, 0.2) is 0 Å². The first kappa shape index (κ1) is 33.2. The Morgan fingerprint density at radius 1 is 0.339 bits per heavy atom. The summed E-state index contributed by atoms with van der Waals surface area (Å²) in [6, 6.07) is 67.6. The van der Waals surface area contributed by atoms with Crippen LogP contribution in [-0.2, 0) is 0 Å². The Hall–Kier alpha value is -7.95. The molecule has 0 saturated carbocycles. The third-order valence-electron chi connectivity index (χ3n) is 11.9. The van der Waals surface area contributed by atoms with Crippen molar-refractivity contribution in [3.8, 4) is 50.6 Å². The van der Waals surface area contributed by atoms with Crippen LogP contribution >= 0.6 is 0 Å². The second kappa shape index (κ2) is 13.3. The fourth-order valence-electron chi connectivity index (χ4n) is 9.15. The molecule has 0 aliphatic carbocycles. The van der Waals surface area contributed by atoms with E-state index in [1.54, 1.807) is 0 Å². The summed E-state index contributed by atoms with van der Waals surface area (Å²) in [5.74, 6) is 0. The predicted octanol–water partition coefficient (Wildman–Crippen LogP) is 14.2. The number of hydrogen-bond donors (Lipinski definition) is 0. The van der Waals surface area contributed by atoms with Crippen LogP contribution < -0.4 is 0 Å². The van der Waals surface area contributed by atoms with Crippen LogP contribution in [-0.4, -0.2) is 19.5 Å². The number of aromatic nitrogens is 4. The van der Waals surface area contributed by atoms with Crippen LogP contribution in [0.15, 0.2) is 207 Å². The normalized spacial score (nSPS) is 11.7. The molecule has 4 heterocycles. The van der Waals surface area contributed by atoms with Gasteiger partial charge in [-0.2, -0.15) is 0 Å². The lowest BCUT2D eigenvalue weighted by molar-refractivity contribution is 1.13. The van der Waals surface area contributed by atoms with Gasteiger partial charge in [0.1, 0.15) is 0 Å². The van der Waals surface area contributed by atoms with Gasteiger partial charge < -0.3 is 4.57 Å². The van der Waals surface area contributed by atoms with Gasteiger partial charge in [0.25, 0.3) is 0 Å². The Morgan fingerprint density at radius 2 is 0.932 bits per heavy atom. The van der Waals surface area contributed by atoms with E-state index in [2.05, 4.69) is 192 Å². The molecule has 0 radical (unpaired) electrons. The van der Waals surface area contributed by atoms with E-state index in [1.807, 2.05) is 24.7 Å². The summed E-state index contributed by atoms with van der Waals surface area (Å²) in [5, 5.41) is 12.1. The largest absolute Gasteiger partial charge is 0.308 e. The first-order valence-corrected chi connectivity index (χ1v) is 20.0. The molecule has 0 atom stereocenters. The average molecular weight is 751 g/mol. The quantitative estimate of drug-likeness (QED) is 0.165. The van der Waals surface area contributed by atoms with Crippen molar-refractivity contribution in [2.75, 3.05) is 0 Å². The minimum absolute atomic E-state index is 0.820. The van der Waals surface area contributed by atoms with Crippen molar-refractivity contribution in [2.24, 2.45) is 0 Å². The molecule has 0 fully saturated rings. The fraction of sp³-hybridized carbons (Fsp3) is 0. The Morgan fingerprint density at radius 3 is 1.64 bits per heavy atom. The first-order valence-electron chi connectivity index (χ1n) is 20.0. The Balaban J connectivity index is 1.03. The van der Waals surface area contributed by atoms with Gasteiger partial charge in [-0.3, -0.25) is 9.97 Å². The molecule has 0 aliphatic heterocycles. The summed E-state index contributed by atoms with van der Waals surface area (Å²) >= 11 is 0. The highest BCUT2D eigenvalue weighted by atomic mass is 15.0. The molecular formula is C55H34N4. The molecule has 12 rings (SSSR count). The maximum absolute atomic E-state index is 5.26. The molecule has 59 heavy (non-hydrogen) atoms. The van der Waals surface area contributed by atoms with E-state index in [0.29, 0.717) is 0 Å². The van der Waals surface area contributed by atoms with Crippen LogP contribution in [0.5, 0.6) is 0 Å². The van der Waals surface area contributed by atoms with Gasteiger partial charge in [0.2, 0.25) is 0 Å². The molecule has 274 valence electrons. The summed E-state index contributed by atoms with van der Waals surface area (Å²) in [5.41, 5.74) is 11.7. The Kier molecular flexibility index (Phi) is 7.50. The molecule has 0 saturated heterocycles. The standard InChI is InChI=1S/C55H34N4/c1-3-12-37-30-40(22-20-35(37)10-1)54-44-15-5-6-16-45(44)55(41-23-21-36-11-2-4-13-38(36)31-41)47-32-39(24-26-46(47)54)49-17-9-18-51(58-49)50-27-25-42(33-57-50)59-52-19-8-7-14-43(52)48-34-56-29-28-53(48)59/h1-34H. The van der Waals surface area contributed by atoms with Crippen molar-refractivity contribution < 1.29 is 0 Å². The summed E-state index contributed by atoms with van der Waals surface area (Å²) in [6.45, 7) is 0. The van der Waals surface area contributed by atoms with E-state index in [4.69, 9.17) is 9.97 Å². The van der Waals surface area contributed by atoms with Gasteiger partial charge in [-0.1, -0.05) is 133 Å². The molecule has 4 aromatic heterocycles. The number of para-hydroxylation sites is 1. The summed E-state index contributed by atoms with van der Waals surface area (Å²) in [7, 11) is 0. The zero-order valence-corrected chi connectivity index (χ0v) is 31.9. The molecule has 0 N–H and O–H groups in total.